The molecule has 0 unspecified atom stereocenters. The molecule has 0 bridgehead atoms. The molecule has 2 heterocycles. The van der Waals surface area contributed by atoms with Crippen molar-refractivity contribution >= 4 is 45.2 Å². The van der Waals surface area contributed by atoms with E-state index in [1.165, 1.54) is 26.7 Å². The van der Waals surface area contributed by atoms with Crippen molar-refractivity contribution in [1.29, 1.82) is 0 Å². The molecule has 2 aromatic rings. The van der Waals surface area contributed by atoms with Gasteiger partial charge < -0.3 is 4.90 Å². The number of rotatable bonds is 4. The van der Waals surface area contributed by atoms with Crippen LogP contribution in [0.3, 0.4) is 0 Å². The lowest BCUT2D eigenvalue weighted by molar-refractivity contribution is 0.0693. The van der Waals surface area contributed by atoms with Crippen molar-refractivity contribution in [2.75, 3.05) is 26.2 Å². The fourth-order valence-corrected chi connectivity index (χ4v) is 4.19. The monoisotopic (exact) mass is 425 g/mol. The second kappa shape index (κ2) is 8.39. The van der Waals surface area contributed by atoms with E-state index in [1.54, 1.807) is 6.08 Å². The SMILES string of the molecule is O=C(c1nc(Cl)ccc1Cl)N1CCN(S(=O)(=O)/C=C/c2ccccc2)CC1. The molecule has 0 atom stereocenters. The van der Waals surface area contributed by atoms with Gasteiger partial charge in [-0.3, -0.25) is 4.79 Å². The number of benzene rings is 1. The van der Waals surface area contributed by atoms with Crippen LogP contribution < -0.4 is 0 Å². The topological polar surface area (TPSA) is 70.6 Å². The first-order valence-electron chi connectivity index (χ1n) is 8.21. The van der Waals surface area contributed by atoms with Crippen molar-refractivity contribution in [2.45, 2.75) is 0 Å². The number of aromatic nitrogens is 1. The first-order valence-corrected chi connectivity index (χ1v) is 10.5. The molecule has 0 aliphatic carbocycles. The number of nitrogens with zero attached hydrogens (tertiary/aromatic N) is 3. The van der Waals surface area contributed by atoms with Crippen LogP contribution in [-0.4, -0.2) is 54.7 Å². The molecule has 0 saturated carbocycles. The van der Waals surface area contributed by atoms with Crippen LogP contribution in [0.15, 0.2) is 47.9 Å². The standard InChI is InChI=1S/C18H17Cl2N3O3S/c19-15-6-7-16(20)21-17(15)18(24)22-9-11-23(12-10-22)27(25,26)13-8-14-4-2-1-3-5-14/h1-8,13H,9-12H2/b13-8+. The molecule has 0 radical (unpaired) electrons. The highest BCUT2D eigenvalue weighted by atomic mass is 35.5. The predicted molar refractivity (Wildman–Crippen MR) is 106 cm³/mol. The highest BCUT2D eigenvalue weighted by Gasteiger charge is 2.29. The van der Waals surface area contributed by atoms with Gasteiger partial charge in [-0.05, 0) is 23.8 Å². The van der Waals surface area contributed by atoms with Crippen LogP contribution in [0.25, 0.3) is 6.08 Å². The first-order chi connectivity index (χ1) is 12.9. The minimum absolute atomic E-state index is 0.0736. The van der Waals surface area contributed by atoms with E-state index in [0.717, 1.165) is 5.56 Å². The van der Waals surface area contributed by atoms with E-state index in [1.807, 2.05) is 30.3 Å². The Morgan fingerprint density at radius 1 is 1.00 bits per heavy atom. The van der Waals surface area contributed by atoms with Gasteiger partial charge in [0.2, 0.25) is 10.0 Å². The lowest BCUT2D eigenvalue weighted by Gasteiger charge is -2.33. The van der Waals surface area contributed by atoms with Crippen molar-refractivity contribution in [3.8, 4) is 0 Å². The Morgan fingerprint density at radius 2 is 1.67 bits per heavy atom. The molecule has 1 aliphatic rings. The van der Waals surface area contributed by atoms with Crippen molar-refractivity contribution in [2.24, 2.45) is 0 Å². The third kappa shape index (κ3) is 4.87. The van der Waals surface area contributed by atoms with E-state index in [9.17, 15) is 13.2 Å². The summed E-state index contributed by atoms with van der Waals surface area (Å²) in [6, 6.07) is 12.2. The molecular formula is C18H17Cl2N3O3S. The molecular weight excluding hydrogens is 409 g/mol. The molecule has 27 heavy (non-hydrogen) atoms. The van der Waals surface area contributed by atoms with E-state index >= 15 is 0 Å². The van der Waals surface area contributed by atoms with Gasteiger partial charge in [0.05, 0.1) is 5.02 Å². The molecule has 9 heteroatoms. The zero-order chi connectivity index (χ0) is 19.4. The van der Waals surface area contributed by atoms with Crippen LogP contribution in [0, 0.1) is 0 Å². The second-order valence-corrected chi connectivity index (χ2v) is 8.53. The molecule has 6 nitrogen and oxygen atoms in total. The Hall–Kier alpha value is -1.93. The Morgan fingerprint density at radius 3 is 2.33 bits per heavy atom. The Kier molecular flexibility index (Phi) is 6.16. The zero-order valence-corrected chi connectivity index (χ0v) is 16.6. The number of carbonyl (C=O) groups is 1. The third-order valence-electron chi connectivity index (χ3n) is 4.13. The van der Waals surface area contributed by atoms with E-state index in [0.29, 0.717) is 0 Å². The lowest BCUT2D eigenvalue weighted by atomic mass is 10.2. The summed E-state index contributed by atoms with van der Waals surface area (Å²) in [6.45, 7) is 0.903. The summed E-state index contributed by atoms with van der Waals surface area (Å²) in [7, 11) is -3.56. The number of pyridine rings is 1. The number of amides is 1. The van der Waals surface area contributed by atoms with Crippen LogP contribution in [0.5, 0.6) is 0 Å². The molecule has 0 spiro atoms. The number of hydrogen-bond donors (Lipinski definition) is 0. The van der Waals surface area contributed by atoms with Gasteiger partial charge in [-0.2, -0.15) is 4.31 Å². The van der Waals surface area contributed by atoms with Gasteiger partial charge in [-0.25, -0.2) is 13.4 Å². The average Bonchev–Trinajstić information content (AvgIpc) is 2.69. The summed E-state index contributed by atoms with van der Waals surface area (Å²) >= 11 is 11.9. The quantitative estimate of drug-likeness (QED) is 0.705. The molecule has 3 rings (SSSR count). The minimum atomic E-state index is -3.56. The normalized spacial score (nSPS) is 16.0. The predicted octanol–water partition coefficient (Wildman–Crippen LogP) is 3.15. The van der Waals surface area contributed by atoms with Gasteiger partial charge >= 0.3 is 0 Å². The summed E-state index contributed by atoms with van der Waals surface area (Å²) in [5, 5.41) is 1.58. The third-order valence-corrected chi connectivity index (χ3v) is 6.21. The fourth-order valence-electron chi connectivity index (χ4n) is 2.68. The van der Waals surface area contributed by atoms with Crippen molar-refractivity contribution in [3.63, 3.8) is 0 Å². The van der Waals surface area contributed by atoms with Gasteiger partial charge in [0.25, 0.3) is 5.91 Å². The molecule has 1 aromatic carbocycles. The fraction of sp³-hybridized carbons (Fsp3) is 0.222. The summed E-state index contributed by atoms with van der Waals surface area (Å²) in [5.74, 6) is -0.362. The van der Waals surface area contributed by atoms with E-state index in [4.69, 9.17) is 23.2 Å². The Labute approximate surface area is 168 Å². The zero-order valence-electron chi connectivity index (χ0n) is 14.3. The van der Waals surface area contributed by atoms with Crippen LogP contribution >= 0.6 is 23.2 Å². The number of sulfonamides is 1. The van der Waals surface area contributed by atoms with E-state index in [-0.39, 0.29) is 48.0 Å². The van der Waals surface area contributed by atoms with Crippen molar-refractivity contribution < 1.29 is 13.2 Å². The number of halogens is 2. The maximum Gasteiger partial charge on any atom is 0.274 e. The molecule has 1 amide bonds. The first kappa shape index (κ1) is 19.8. The lowest BCUT2D eigenvalue weighted by Crippen LogP contribution is -2.50. The van der Waals surface area contributed by atoms with Crippen molar-refractivity contribution in [1.82, 2.24) is 14.2 Å². The van der Waals surface area contributed by atoms with Crippen LogP contribution in [0.1, 0.15) is 16.1 Å². The van der Waals surface area contributed by atoms with Gasteiger partial charge in [0, 0.05) is 31.6 Å². The number of piperazine rings is 1. The molecule has 1 aromatic heterocycles. The highest BCUT2D eigenvalue weighted by Crippen LogP contribution is 2.20. The smallest absolute Gasteiger partial charge is 0.274 e. The Bertz CT molecular complexity index is 957. The van der Waals surface area contributed by atoms with E-state index in [2.05, 4.69) is 4.98 Å². The molecule has 0 N–H and O–H groups in total. The van der Waals surface area contributed by atoms with Gasteiger partial charge in [-0.1, -0.05) is 53.5 Å². The molecule has 142 valence electrons. The second-order valence-electron chi connectivity index (χ2n) is 5.91. The maximum absolute atomic E-state index is 12.6. The number of carbonyl (C=O) groups excluding carboxylic acids is 1. The molecule has 1 saturated heterocycles. The van der Waals surface area contributed by atoms with Gasteiger partial charge in [0.15, 0.2) is 0 Å². The van der Waals surface area contributed by atoms with E-state index < -0.39 is 10.0 Å². The van der Waals surface area contributed by atoms with Crippen LogP contribution in [0.4, 0.5) is 0 Å². The van der Waals surface area contributed by atoms with Crippen LogP contribution in [-0.2, 0) is 10.0 Å². The molecule has 1 fully saturated rings. The van der Waals surface area contributed by atoms with Gasteiger partial charge in [0.1, 0.15) is 10.8 Å². The average molecular weight is 426 g/mol. The largest absolute Gasteiger partial charge is 0.335 e. The highest BCUT2D eigenvalue weighted by molar-refractivity contribution is 7.92. The molecule has 1 aliphatic heterocycles. The number of hydrogen-bond acceptors (Lipinski definition) is 4. The summed E-state index contributed by atoms with van der Waals surface area (Å²) in [6.07, 6.45) is 1.56. The minimum Gasteiger partial charge on any atom is -0.335 e. The maximum atomic E-state index is 12.6. The summed E-state index contributed by atoms with van der Waals surface area (Å²) in [4.78, 5) is 18.1. The Balaban J connectivity index is 1.65. The summed E-state index contributed by atoms with van der Waals surface area (Å²) in [5.41, 5.74) is 0.876. The summed E-state index contributed by atoms with van der Waals surface area (Å²) < 4.78 is 26.3. The van der Waals surface area contributed by atoms with Gasteiger partial charge in [-0.15, -0.1) is 0 Å². The van der Waals surface area contributed by atoms with Crippen molar-refractivity contribution in [3.05, 3.63) is 69.3 Å². The van der Waals surface area contributed by atoms with Crippen LogP contribution in [0.2, 0.25) is 10.2 Å².